The molecule has 8 nitrogen and oxygen atoms in total. The molecule has 2 aromatic carbocycles. The largest absolute Gasteiger partial charge is 0.481 e. The lowest BCUT2D eigenvalue weighted by Crippen LogP contribution is -2.44. The van der Waals surface area contributed by atoms with Crippen molar-refractivity contribution in [3.8, 4) is 0 Å². The number of nitrogens with one attached hydrogen (secondary N) is 3. The van der Waals surface area contributed by atoms with Gasteiger partial charge in [0.1, 0.15) is 0 Å². The molecule has 0 saturated carbocycles. The van der Waals surface area contributed by atoms with E-state index < -0.39 is 5.97 Å². The van der Waals surface area contributed by atoms with Crippen LogP contribution in [0.25, 0.3) is 11.0 Å². The van der Waals surface area contributed by atoms with Crippen molar-refractivity contribution >= 4 is 23.0 Å². The Hall–Kier alpha value is -3.55. The van der Waals surface area contributed by atoms with Crippen LogP contribution in [0.3, 0.4) is 0 Å². The maximum atomic E-state index is 12.3. The van der Waals surface area contributed by atoms with Gasteiger partial charge in [-0.1, -0.05) is 42.5 Å². The number of carboxylic acids is 1. The van der Waals surface area contributed by atoms with Crippen molar-refractivity contribution in [3.63, 3.8) is 0 Å². The summed E-state index contributed by atoms with van der Waals surface area (Å²) in [5.41, 5.74) is 2.33. The van der Waals surface area contributed by atoms with Crippen LogP contribution in [0.15, 0.2) is 59.4 Å². The molecule has 1 unspecified atom stereocenters. The first-order chi connectivity index (χ1) is 14.0. The summed E-state index contributed by atoms with van der Waals surface area (Å²) in [7, 11) is 0. The smallest absolute Gasteiger partial charge is 0.326 e. The quantitative estimate of drug-likeness (QED) is 0.443. The molecule has 4 N–H and O–H groups in total. The lowest BCUT2D eigenvalue weighted by Gasteiger charge is -2.19. The van der Waals surface area contributed by atoms with E-state index in [0.29, 0.717) is 19.4 Å². The number of aliphatic carboxylic acids is 1. The minimum absolute atomic E-state index is 0.0253. The van der Waals surface area contributed by atoms with Crippen LogP contribution in [0, 0.1) is 0 Å². The van der Waals surface area contributed by atoms with E-state index in [-0.39, 0.29) is 30.7 Å². The van der Waals surface area contributed by atoms with Gasteiger partial charge in [0.15, 0.2) is 0 Å². The number of carbonyl (C=O) groups excluding carboxylic acids is 1. The molecule has 1 aromatic heterocycles. The minimum atomic E-state index is -0.899. The van der Waals surface area contributed by atoms with Gasteiger partial charge in [0.2, 0.25) is 0 Å². The van der Waals surface area contributed by atoms with Gasteiger partial charge in [0, 0.05) is 25.6 Å². The SMILES string of the molecule is O=C(O)CCC(Cc1ccccc1)NC(=O)NCCn1c(=O)[nH]c2ccccc21. The number of hydrogen-bond donors (Lipinski definition) is 4. The standard InChI is InChI=1S/C21H24N4O4/c26-19(27)11-10-16(14-15-6-2-1-3-7-15)23-20(28)22-12-13-25-18-9-5-4-8-17(18)24-21(25)29/h1-9,16H,10-14H2,(H,24,29)(H,26,27)(H2,22,23,28). The topological polar surface area (TPSA) is 116 Å². The number of para-hydroxylation sites is 2. The first-order valence-electron chi connectivity index (χ1n) is 9.50. The maximum absolute atomic E-state index is 12.3. The summed E-state index contributed by atoms with van der Waals surface area (Å²) in [5.74, 6) is -0.899. The molecule has 0 aliphatic heterocycles. The van der Waals surface area contributed by atoms with Crippen LogP contribution in [0.5, 0.6) is 0 Å². The van der Waals surface area contributed by atoms with Crippen LogP contribution in [-0.2, 0) is 17.8 Å². The van der Waals surface area contributed by atoms with Crippen molar-refractivity contribution < 1.29 is 14.7 Å². The van der Waals surface area contributed by atoms with Gasteiger partial charge in [-0.2, -0.15) is 0 Å². The van der Waals surface area contributed by atoms with Gasteiger partial charge in [-0.25, -0.2) is 9.59 Å². The molecule has 1 heterocycles. The number of H-pyrrole nitrogens is 1. The van der Waals surface area contributed by atoms with Gasteiger partial charge in [-0.3, -0.25) is 9.36 Å². The van der Waals surface area contributed by atoms with E-state index in [4.69, 9.17) is 5.11 Å². The van der Waals surface area contributed by atoms with Crippen molar-refractivity contribution in [2.24, 2.45) is 0 Å². The molecule has 0 radical (unpaired) electrons. The lowest BCUT2D eigenvalue weighted by atomic mass is 10.0. The van der Waals surface area contributed by atoms with Crippen molar-refractivity contribution in [1.82, 2.24) is 20.2 Å². The van der Waals surface area contributed by atoms with Gasteiger partial charge in [0.05, 0.1) is 11.0 Å². The number of aromatic amines is 1. The zero-order chi connectivity index (χ0) is 20.6. The summed E-state index contributed by atoms with van der Waals surface area (Å²) < 4.78 is 1.57. The number of nitrogens with zero attached hydrogens (tertiary/aromatic N) is 1. The number of carbonyl (C=O) groups is 2. The highest BCUT2D eigenvalue weighted by Crippen LogP contribution is 2.09. The van der Waals surface area contributed by atoms with Crippen LogP contribution in [0.2, 0.25) is 0 Å². The Morgan fingerprint density at radius 3 is 2.55 bits per heavy atom. The highest BCUT2D eigenvalue weighted by Gasteiger charge is 2.15. The first-order valence-corrected chi connectivity index (χ1v) is 9.50. The van der Waals surface area contributed by atoms with E-state index in [1.165, 1.54) is 0 Å². The molecule has 0 bridgehead atoms. The van der Waals surface area contributed by atoms with Crippen LogP contribution < -0.4 is 16.3 Å². The second-order valence-electron chi connectivity index (χ2n) is 6.82. The molecule has 1 atom stereocenters. The zero-order valence-corrected chi connectivity index (χ0v) is 15.9. The normalized spacial score (nSPS) is 11.9. The Morgan fingerprint density at radius 2 is 1.79 bits per heavy atom. The van der Waals surface area contributed by atoms with E-state index >= 15 is 0 Å². The summed E-state index contributed by atoms with van der Waals surface area (Å²) >= 11 is 0. The average Bonchev–Trinajstić information content (AvgIpc) is 3.02. The average molecular weight is 396 g/mol. The molecule has 0 aliphatic rings. The number of fused-ring (bicyclic) bond motifs is 1. The Kier molecular flexibility index (Phi) is 6.67. The van der Waals surface area contributed by atoms with Crippen molar-refractivity contribution in [2.45, 2.75) is 31.8 Å². The summed E-state index contributed by atoms with van der Waals surface area (Å²) in [6, 6.07) is 16.3. The maximum Gasteiger partial charge on any atom is 0.326 e. The number of aromatic nitrogens is 2. The van der Waals surface area contributed by atoms with Crippen LogP contribution in [0.4, 0.5) is 4.79 Å². The Balaban J connectivity index is 1.55. The summed E-state index contributed by atoms with van der Waals surface area (Å²) in [6.07, 6.45) is 0.853. The third-order valence-corrected chi connectivity index (χ3v) is 4.67. The molecular weight excluding hydrogens is 372 g/mol. The second kappa shape index (κ2) is 9.59. The Bertz CT molecular complexity index is 1030. The molecular formula is C21H24N4O4. The highest BCUT2D eigenvalue weighted by molar-refractivity contribution is 5.75. The fourth-order valence-electron chi connectivity index (χ4n) is 3.27. The molecule has 0 aliphatic carbocycles. The van der Waals surface area contributed by atoms with Gasteiger partial charge in [-0.05, 0) is 30.5 Å². The molecule has 0 spiro atoms. The van der Waals surface area contributed by atoms with E-state index in [1.54, 1.807) is 4.57 Å². The molecule has 3 aromatic rings. The lowest BCUT2D eigenvalue weighted by molar-refractivity contribution is -0.137. The summed E-state index contributed by atoms with van der Waals surface area (Å²) in [4.78, 5) is 38.1. The van der Waals surface area contributed by atoms with Crippen molar-refractivity contribution in [3.05, 3.63) is 70.6 Å². The number of urea groups is 1. The number of amides is 2. The van der Waals surface area contributed by atoms with Crippen LogP contribution >= 0.6 is 0 Å². The fraction of sp³-hybridized carbons (Fsp3) is 0.286. The Morgan fingerprint density at radius 1 is 1.07 bits per heavy atom. The molecule has 2 amide bonds. The van der Waals surface area contributed by atoms with E-state index in [1.807, 2.05) is 54.6 Å². The third-order valence-electron chi connectivity index (χ3n) is 4.67. The van der Waals surface area contributed by atoms with E-state index in [2.05, 4.69) is 15.6 Å². The van der Waals surface area contributed by atoms with Gasteiger partial charge < -0.3 is 20.7 Å². The monoisotopic (exact) mass is 396 g/mol. The number of rotatable bonds is 9. The Labute approximate surface area is 167 Å². The van der Waals surface area contributed by atoms with Crippen LogP contribution in [0.1, 0.15) is 18.4 Å². The predicted octanol–water partition coefficient (Wildman–Crippen LogP) is 2.10. The van der Waals surface area contributed by atoms with E-state index in [9.17, 15) is 14.4 Å². The van der Waals surface area contributed by atoms with Gasteiger partial charge in [0.25, 0.3) is 0 Å². The zero-order valence-electron chi connectivity index (χ0n) is 15.9. The number of imidazole rings is 1. The molecule has 8 heteroatoms. The van der Waals surface area contributed by atoms with Crippen molar-refractivity contribution in [2.75, 3.05) is 6.54 Å². The molecule has 29 heavy (non-hydrogen) atoms. The van der Waals surface area contributed by atoms with Gasteiger partial charge in [-0.15, -0.1) is 0 Å². The number of carboxylic acid groups (broad SMARTS) is 1. The number of hydrogen-bond acceptors (Lipinski definition) is 3. The molecule has 0 saturated heterocycles. The second-order valence-corrected chi connectivity index (χ2v) is 6.82. The van der Waals surface area contributed by atoms with Crippen LogP contribution in [-0.4, -0.2) is 39.2 Å². The molecule has 152 valence electrons. The summed E-state index contributed by atoms with van der Waals surface area (Å²) in [6.45, 7) is 0.597. The van der Waals surface area contributed by atoms with E-state index in [0.717, 1.165) is 16.6 Å². The fourth-order valence-corrected chi connectivity index (χ4v) is 3.27. The highest BCUT2D eigenvalue weighted by atomic mass is 16.4. The molecule has 0 fully saturated rings. The molecule has 3 rings (SSSR count). The van der Waals surface area contributed by atoms with Gasteiger partial charge >= 0.3 is 17.7 Å². The first kappa shape index (κ1) is 20.2. The predicted molar refractivity (Wildman–Crippen MR) is 110 cm³/mol. The minimum Gasteiger partial charge on any atom is -0.481 e. The van der Waals surface area contributed by atoms with Crippen molar-refractivity contribution in [1.29, 1.82) is 0 Å². The number of benzene rings is 2. The third kappa shape index (κ3) is 5.71. The summed E-state index contributed by atoms with van der Waals surface area (Å²) in [5, 5.41) is 14.5.